The molecule has 0 aromatic heterocycles. The van der Waals surface area contributed by atoms with E-state index in [1.54, 1.807) is 0 Å². The van der Waals surface area contributed by atoms with Crippen molar-refractivity contribution >= 4 is 11.8 Å². The van der Waals surface area contributed by atoms with Crippen molar-refractivity contribution in [2.45, 2.75) is 45.8 Å². The van der Waals surface area contributed by atoms with Crippen molar-refractivity contribution in [3.8, 4) is 0 Å². The van der Waals surface area contributed by atoms with Gasteiger partial charge in [-0.05, 0) is 41.0 Å². The van der Waals surface area contributed by atoms with E-state index < -0.39 is 12.2 Å². The van der Waals surface area contributed by atoms with Crippen molar-refractivity contribution in [1.82, 2.24) is 19.9 Å². The monoisotopic (exact) mass is 446 g/mol. The fraction of sp³-hybridized carbons (Fsp3) is 0.905. The summed E-state index contributed by atoms with van der Waals surface area (Å²) in [5.74, 6) is -0.0686. The Hall–Kier alpha value is -1.30. The lowest BCUT2D eigenvalue weighted by Gasteiger charge is -2.37. The van der Waals surface area contributed by atoms with Crippen LogP contribution in [0.15, 0.2) is 0 Å². The molecule has 2 N–H and O–H groups in total. The molecule has 0 aliphatic carbocycles. The lowest BCUT2D eigenvalue weighted by atomic mass is 9.87. The Kier molecular flexibility index (Phi) is 11.3. The van der Waals surface area contributed by atoms with Crippen LogP contribution in [-0.4, -0.2) is 122 Å². The van der Waals surface area contributed by atoms with Gasteiger partial charge in [0.2, 0.25) is 5.91 Å². The van der Waals surface area contributed by atoms with Crippen LogP contribution in [-0.2, 0) is 19.3 Å². The fourth-order valence-corrected chi connectivity index (χ4v) is 3.31. The summed E-state index contributed by atoms with van der Waals surface area (Å²) in [7, 11) is 7.52. The first-order valence-electron chi connectivity index (χ1n) is 10.9. The molecule has 3 atom stereocenters. The predicted molar refractivity (Wildman–Crippen MR) is 117 cm³/mol. The Morgan fingerprint density at radius 1 is 0.968 bits per heavy atom. The molecule has 2 fully saturated rings. The molecule has 0 spiro atoms. The number of hydrogen-bond acceptors (Lipinski definition) is 8. The van der Waals surface area contributed by atoms with Crippen LogP contribution in [0, 0.1) is 11.3 Å². The summed E-state index contributed by atoms with van der Waals surface area (Å²) < 4.78 is 0. The molecule has 10 heteroatoms. The molecule has 2 amide bonds. The fourth-order valence-electron chi connectivity index (χ4n) is 3.31. The van der Waals surface area contributed by atoms with Gasteiger partial charge in [0.1, 0.15) is 0 Å². The van der Waals surface area contributed by atoms with Crippen LogP contribution in [0.2, 0.25) is 0 Å². The number of rotatable bonds is 8. The minimum absolute atomic E-state index is 0.00491. The van der Waals surface area contributed by atoms with Crippen molar-refractivity contribution in [2.24, 2.45) is 11.3 Å². The van der Waals surface area contributed by atoms with Crippen LogP contribution in [0.3, 0.4) is 0 Å². The molecule has 2 aliphatic rings. The zero-order chi connectivity index (χ0) is 23.8. The summed E-state index contributed by atoms with van der Waals surface area (Å²) in [5, 5.41) is 22.0. The molecule has 2 saturated heterocycles. The Morgan fingerprint density at radius 3 is 1.97 bits per heavy atom. The molecule has 0 saturated carbocycles. The standard InChI is InChI=1S/C11H22N2O3.C10H20N2O3/c1-11(2)5-6-16-13(10(11)15)8-9(14)7-12(3)4;1-8-4-5-15-12(10(8)14)7-9(13)6-11(2)3/h9,14H,5-8H2,1-4H3;8-9,13H,4-7H2,1-3H3. The molecule has 2 heterocycles. The highest BCUT2D eigenvalue weighted by atomic mass is 16.7. The zero-order valence-electron chi connectivity index (χ0n) is 20.2. The zero-order valence-corrected chi connectivity index (χ0v) is 20.2. The van der Waals surface area contributed by atoms with Crippen LogP contribution in [0.1, 0.15) is 33.6 Å². The second-order valence-corrected chi connectivity index (χ2v) is 9.59. The van der Waals surface area contributed by atoms with Gasteiger partial charge in [0.05, 0.1) is 38.5 Å². The third-order valence-electron chi connectivity index (χ3n) is 5.15. The summed E-state index contributed by atoms with van der Waals surface area (Å²) >= 11 is 0. The van der Waals surface area contributed by atoms with E-state index in [2.05, 4.69) is 0 Å². The van der Waals surface area contributed by atoms with Gasteiger partial charge in [-0.25, -0.2) is 10.1 Å². The molecular weight excluding hydrogens is 404 g/mol. The van der Waals surface area contributed by atoms with E-state index in [1.165, 1.54) is 10.1 Å². The van der Waals surface area contributed by atoms with Gasteiger partial charge >= 0.3 is 0 Å². The third-order valence-corrected chi connectivity index (χ3v) is 5.15. The van der Waals surface area contributed by atoms with Crippen LogP contribution in [0.4, 0.5) is 0 Å². The van der Waals surface area contributed by atoms with Crippen LogP contribution >= 0.6 is 0 Å². The molecule has 0 bridgehead atoms. The van der Waals surface area contributed by atoms with Crippen molar-refractivity contribution < 1.29 is 29.5 Å². The van der Waals surface area contributed by atoms with Gasteiger partial charge in [-0.2, -0.15) is 0 Å². The van der Waals surface area contributed by atoms with Crippen LogP contribution < -0.4 is 0 Å². The summed E-state index contributed by atoms with van der Waals surface area (Å²) in [6.45, 7) is 8.33. The van der Waals surface area contributed by atoms with E-state index in [9.17, 15) is 19.8 Å². The number of carbonyl (C=O) groups is 2. The first-order chi connectivity index (χ1) is 14.3. The molecule has 2 aliphatic heterocycles. The summed E-state index contributed by atoms with van der Waals surface area (Å²) in [5.41, 5.74) is -0.379. The first kappa shape index (κ1) is 27.7. The average Bonchev–Trinajstić information content (AvgIpc) is 2.62. The Morgan fingerprint density at radius 2 is 1.45 bits per heavy atom. The minimum atomic E-state index is -0.576. The number of hydroxylamine groups is 4. The third kappa shape index (κ3) is 9.80. The summed E-state index contributed by atoms with van der Waals surface area (Å²) in [6, 6.07) is 0. The normalized spacial score (nSPS) is 23.6. The first-order valence-corrected chi connectivity index (χ1v) is 10.9. The Balaban J connectivity index is 0.000000311. The van der Waals surface area contributed by atoms with E-state index in [0.717, 1.165) is 12.8 Å². The number of aliphatic hydroxyl groups excluding tert-OH is 2. The molecule has 2 rings (SSSR count). The van der Waals surface area contributed by atoms with Crippen LogP contribution in [0.5, 0.6) is 0 Å². The topological polar surface area (TPSA) is 106 Å². The van der Waals surface area contributed by atoms with Gasteiger partial charge in [-0.15, -0.1) is 0 Å². The van der Waals surface area contributed by atoms with E-state index in [1.807, 2.05) is 58.8 Å². The number of carbonyl (C=O) groups excluding carboxylic acids is 2. The summed E-state index contributed by atoms with van der Waals surface area (Å²) in [4.78, 5) is 37.8. The quantitative estimate of drug-likeness (QED) is 0.528. The highest BCUT2D eigenvalue weighted by Crippen LogP contribution is 2.28. The van der Waals surface area contributed by atoms with Crippen molar-refractivity contribution in [2.75, 3.05) is 67.6 Å². The van der Waals surface area contributed by atoms with Crippen molar-refractivity contribution in [3.63, 3.8) is 0 Å². The summed E-state index contributed by atoms with van der Waals surface area (Å²) in [6.07, 6.45) is 0.354. The molecular formula is C21H42N4O6. The maximum Gasteiger partial charge on any atom is 0.251 e. The van der Waals surface area contributed by atoms with Crippen molar-refractivity contribution in [3.05, 3.63) is 0 Å². The number of hydrogen-bond donors (Lipinski definition) is 2. The number of aliphatic hydroxyl groups is 2. The van der Waals surface area contributed by atoms with Crippen LogP contribution in [0.25, 0.3) is 0 Å². The lowest BCUT2D eigenvalue weighted by Crippen LogP contribution is -2.50. The molecule has 182 valence electrons. The highest BCUT2D eigenvalue weighted by molar-refractivity contribution is 5.81. The number of amides is 2. The molecule has 3 unspecified atom stereocenters. The Bertz CT molecular complexity index is 572. The second-order valence-electron chi connectivity index (χ2n) is 9.59. The van der Waals surface area contributed by atoms with Gasteiger partial charge in [0, 0.05) is 24.4 Å². The smallest absolute Gasteiger partial charge is 0.251 e. The highest BCUT2D eigenvalue weighted by Gasteiger charge is 2.37. The van der Waals surface area contributed by atoms with Gasteiger partial charge in [0.25, 0.3) is 5.91 Å². The molecule has 0 aromatic carbocycles. The van der Waals surface area contributed by atoms with Gasteiger partial charge in [-0.1, -0.05) is 20.8 Å². The SMILES string of the molecule is CC1CCON(CC(O)CN(C)C)C1=O.CN(C)CC(O)CN1OCCC(C)(C)C1=O. The van der Waals surface area contributed by atoms with Crippen molar-refractivity contribution in [1.29, 1.82) is 0 Å². The second kappa shape index (κ2) is 12.7. The largest absolute Gasteiger partial charge is 0.390 e. The molecule has 10 nitrogen and oxygen atoms in total. The number of likely N-dealkylation sites (N-methyl/N-ethyl adjacent to an activating group) is 2. The molecule has 31 heavy (non-hydrogen) atoms. The predicted octanol–water partition coefficient (Wildman–Crippen LogP) is -0.192. The van der Waals surface area contributed by atoms with E-state index in [-0.39, 0.29) is 36.2 Å². The van der Waals surface area contributed by atoms with E-state index >= 15 is 0 Å². The lowest BCUT2D eigenvalue weighted by molar-refractivity contribution is -0.221. The number of β-amino-alcohol motifs (C(OH)–C–C–N with tert-alkyl or cyclic N) is 2. The number of nitrogens with zero attached hydrogens (tertiary/aromatic N) is 4. The average molecular weight is 447 g/mol. The minimum Gasteiger partial charge on any atom is -0.390 e. The molecule has 0 aromatic rings. The van der Waals surface area contributed by atoms with Gasteiger partial charge in [-0.3, -0.25) is 19.3 Å². The van der Waals surface area contributed by atoms with E-state index in [4.69, 9.17) is 9.68 Å². The molecule has 0 radical (unpaired) electrons. The van der Waals surface area contributed by atoms with Gasteiger partial charge < -0.3 is 20.0 Å². The maximum absolute atomic E-state index is 11.9. The van der Waals surface area contributed by atoms with E-state index in [0.29, 0.717) is 26.3 Å². The van der Waals surface area contributed by atoms with Gasteiger partial charge in [0.15, 0.2) is 0 Å². The Labute approximate surface area is 186 Å². The maximum atomic E-state index is 11.9.